The molecule has 2 heterocycles. The zero-order valence-corrected chi connectivity index (χ0v) is 16.4. The summed E-state index contributed by atoms with van der Waals surface area (Å²) in [4.78, 5) is 2.26. The van der Waals surface area contributed by atoms with Crippen molar-refractivity contribution < 1.29 is 17.5 Å². The lowest BCUT2D eigenvalue weighted by Crippen LogP contribution is -2.28. The SMILES string of the molecule is Cl.O=S(=O)(c1cccc(F)c1)N1Cc2cccc(N3CCCOCC3)c2C1. The van der Waals surface area contributed by atoms with Crippen molar-refractivity contribution in [1.82, 2.24) is 4.31 Å². The maximum Gasteiger partial charge on any atom is 0.243 e. The van der Waals surface area contributed by atoms with Crippen molar-refractivity contribution >= 4 is 28.1 Å². The molecular formula is C19H22ClFN2O3S. The first-order valence-corrected chi connectivity index (χ1v) is 10.2. The van der Waals surface area contributed by atoms with Gasteiger partial charge in [0, 0.05) is 38.5 Å². The molecule has 0 N–H and O–H groups in total. The first kappa shape index (κ1) is 20.1. The minimum atomic E-state index is -3.73. The van der Waals surface area contributed by atoms with Crippen molar-refractivity contribution in [3.63, 3.8) is 0 Å². The van der Waals surface area contributed by atoms with E-state index in [1.165, 1.54) is 22.5 Å². The third-order valence-corrected chi connectivity index (χ3v) is 6.71. The molecule has 1 fully saturated rings. The van der Waals surface area contributed by atoms with E-state index in [-0.39, 0.29) is 17.3 Å². The van der Waals surface area contributed by atoms with Crippen LogP contribution >= 0.6 is 12.4 Å². The summed E-state index contributed by atoms with van der Waals surface area (Å²) in [6.07, 6.45) is 0.953. The molecular weight excluding hydrogens is 391 g/mol. The van der Waals surface area contributed by atoms with E-state index in [1.54, 1.807) is 0 Å². The van der Waals surface area contributed by atoms with Gasteiger partial charge in [-0.3, -0.25) is 0 Å². The van der Waals surface area contributed by atoms with Gasteiger partial charge in [-0.25, -0.2) is 12.8 Å². The summed E-state index contributed by atoms with van der Waals surface area (Å²) in [5.41, 5.74) is 3.12. The number of fused-ring (bicyclic) bond motifs is 1. The van der Waals surface area contributed by atoms with Crippen LogP contribution < -0.4 is 4.90 Å². The van der Waals surface area contributed by atoms with E-state index in [4.69, 9.17) is 4.74 Å². The molecule has 2 aliphatic rings. The maximum absolute atomic E-state index is 13.5. The van der Waals surface area contributed by atoms with Crippen LogP contribution in [0.25, 0.3) is 0 Å². The smallest absolute Gasteiger partial charge is 0.243 e. The van der Waals surface area contributed by atoms with Gasteiger partial charge in [-0.05, 0) is 41.8 Å². The van der Waals surface area contributed by atoms with Gasteiger partial charge in [0.05, 0.1) is 11.5 Å². The molecule has 2 aromatic carbocycles. The molecule has 5 nitrogen and oxygen atoms in total. The highest BCUT2D eigenvalue weighted by Crippen LogP contribution is 2.35. The molecule has 2 aliphatic heterocycles. The molecule has 146 valence electrons. The van der Waals surface area contributed by atoms with Crippen molar-refractivity contribution in [2.75, 3.05) is 31.2 Å². The monoisotopic (exact) mass is 412 g/mol. The minimum Gasteiger partial charge on any atom is -0.380 e. The lowest BCUT2D eigenvalue weighted by Gasteiger charge is -2.24. The van der Waals surface area contributed by atoms with E-state index >= 15 is 0 Å². The Morgan fingerprint density at radius 2 is 1.81 bits per heavy atom. The lowest BCUT2D eigenvalue weighted by molar-refractivity contribution is 0.152. The molecule has 0 spiro atoms. The molecule has 8 heteroatoms. The molecule has 0 aromatic heterocycles. The molecule has 0 aliphatic carbocycles. The zero-order chi connectivity index (χ0) is 18.1. The molecule has 0 bridgehead atoms. The molecule has 0 saturated carbocycles. The second kappa shape index (κ2) is 8.14. The van der Waals surface area contributed by atoms with Crippen molar-refractivity contribution in [1.29, 1.82) is 0 Å². The summed E-state index contributed by atoms with van der Waals surface area (Å²) in [6.45, 7) is 3.74. The Labute approximate surface area is 165 Å². The van der Waals surface area contributed by atoms with Gasteiger partial charge < -0.3 is 9.64 Å². The molecule has 27 heavy (non-hydrogen) atoms. The van der Waals surface area contributed by atoms with Gasteiger partial charge in [0.1, 0.15) is 5.82 Å². The Kier molecular flexibility index (Phi) is 6.05. The van der Waals surface area contributed by atoms with Crippen LogP contribution in [0.4, 0.5) is 10.1 Å². The quantitative estimate of drug-likeness (QED) is 0.777. The summed E-state index contributed by atoms with van der Waals surface area (Å²) in [5.74, 6) is -0.548. The van der Waals surface area contributed by atoms with Gasteiger partial charge in [0.25, 0.3) is 0 Å². The predicted molar refractivity (Wildman–Crippen MR) is 104 cm³/mol. The predicted octanol–water partition coefficient (Wildman–Crippen LogP) is 3.18. The van der Waals surface area contributed by atoms with Crippen LogP contribution in [-0.4, -0.2) is 39.0 Å². The molecule has 1 saturated heterocycles. The van der Waals surface area contributed by atoms with Crippen LogP contribution in [0.1, 0.15) is 17.5 Å². The van der Waals surface area contributed by atoms with Crippen molar-refractivity contribution in [3.8, 4) is 0 Å². The van der Waals surface area contributed by atoms with E-state index in [1.807, 2.05) is 18.2 Å². The number of anilines is 1. The number of ether oxygens (including phenoxy) is 1. The molecule has 0 unspecified atom stereocenters. The maximum atomic E-state index is 13.5. The Balaban J connectivity index is 0.00000210. The third kappa shape index (κ3) is 3.96. The van der Waals surface area contributed by atoms with Gasteiger partial charge in [0.15, 0.2) is 0 Å². The fourth-order valence-corrected chi connectivity index (χ4v) is 5.02. The molecule has 4 rings (SSSR count). The van der Waals surface area contributed by atoms with E-state index in [0.717, 1.165) is 49.0 Å². The van der Waals surface area contributed by atoms with Crippen LogP contribution in [-0.2, 0) is 27.8 Å². The van der Waals surface area contributed by atoms with E-state index in [9.17, 15) is 12.8 Å². The summed E-state index contributed by atoms with van der Waals surface area (Å²) < 4.78 is 46.3. The molecule has 0 atom stereocenters. The summed E-state index contributed by atoms with van der Waals surface area (Å²) >= 11 is 0. The number of halogens is 2. The van der Waals surface area contributed by atoms with Gasteiger partial charge in [-0.15, -0.1) is 12.4 Å². The van der Waals surface area contributed by atoms with Gasteiger partial charge >= 0.3 is 0 Å². The zero-order valence-electron chi connectivity index (χ0n) is 14.8. The van der Waals surface area contributed by atoms with Crippen molar-refractivity contribution in [2.24, 2.45) is 0 Å². The Morgan fingerprint density at radius 3 is 2.63 bits per heavy atom. The fraction of sp³-hybridized carbons (Fsp3) is 0.368. The Bertz CT molecular complexity index is 915. The third-order valence-electron chi connectivity index (χ3n) is 4.93. The van der Waals surface area contributed by atoms with Gasteiger partial charge in [-0.1, -0.05) is 18.2 Å². The number of rotatable bonds is 3. The van der Waals surface area contributed by atoms with Crippen LogP contribution in [0.3, 0.4) is 0 Å². The van der Waals surface area contributed by atoms with E-state index in [2.05, 4.69) is 4.90 Å². The highest BCUT2D eigenvalue weighted by molar-refractivity contribution is 7.89. The standard InChI is InChI=1S/C19H21FN2O3S.ClH/c20-16-5-2-6-17(12-16)26(23,24)22-13-15-4-1-7-19(18(15)14-22)21-8-3-10-25-11-9-21;/h1-2,4-7,12H,3,8-11,13-14H2;1H. The second-order valence-corrected chi connectivity index (χ2v) is 8.54. The summed E-state index contributed by atoms with van der Waals surface area (Å²) in [5, 5.41) is 0. The number of hydrogen-bond donors (Lipinski definition) is 0. The average molecular weight is 413 g/mol. The van der Waals surface area contributed by atoms with Gasteiger partial charge in [0.2, 0.25) is 10.0 Å². The summed E-state index contributed by atoms with van der Waals surface area (Å²) in [7, 11) is -3.73. The number of hydrogen-bond acceptors (Lipinski definition) is 4. The van der Waals surface area contributed by atoms with E-state index < -0.39 is 15.8 Å². The first-order valence-electron chi connectivity index (χ1n) is 8.75. The Hall–Kier alpha value is -1.67. The topological polar surface area (TPSA) is 49.9 Å². The fourth-order valence-electron chi connectivity index (χ4n) is 3.60. The lowest BCUT2D eigenvalue weighted by atomic mass is 10.1. The number of sulfonamides is 1. The van der Waals surface area contributed by atoms with Gasteiger partial charge in [-0.2, -0.15) is 4.31 Å². The second-order valence-electron chi connectivity index (χ2n) is 6.60. The number of benzene rings is 2. The largest absolute Gasteiger partial charge is 0.380 e. The minimum absolute atomic E-state index is 0. The van der Waals surface area contributed by atoms with E-state index in [0.29, 0.717) is 19.7 Å². The first-order chi connectivity index (χ1) is 12.6. The molecule has 0 amide bonds. The molecule has 2 aromatic rings. The van der Waals surface area contributed by atoms with Crippen molar-refractivity contribution in [2.45, 2.75) is 24.4 Å². The normalized spacial score (nSPS) is 17.9. The van der Waals surface area contributed by atoms with Crippen LogP contribution in [0.15, 0.2) is 47.4 Å². The van der Waals surface area contributed by atoms with Crippen LogP contribution in [0.2, 0.25) is 0 Å². The molecule has 0 radical (unpaired) electrons. The highest BCUT2D eigenvalue weighted by atomic mass is 35.5. The van der Waals surface area contributed by atoms with Crippen molar-refractivity contribution in [3.05, 3.63) is 59.4 Å². The number of nitrogens with zero attached hydrogens (tertiary/aromatic N) is 2. The van der Waals surface area contributed by atoms with Crippen LogP contribution in [0.5, 0.6) is 0 Å². The average Bonchev–Trinajstić information content (AvgIpc) is 2.90. The highest BCUT2D eigenvalue weighted by Gasteiger charge is 2.33. The Morgan fingerprint density at radius 1 is 1.00 bits per heavy atom. The van der Waals surface area contributed by atoms with Crippen LogP contribution in [0, 0.1) is 5.82 Å². The summed E-state index contributed by atoms with van der Waals surface area (Å²) in [6, 6.07) is 11.2.